The minimum Gasteiger partial charge on any atom is -0.360 e. The Balaban J connectivity index is 2.54. The number of fused-ring (bicyclic) bond motifs is 1. The summed E-state index contributed by atoms with van der Waals surface area (Å²) in [5.74, 6) is -0.0935. The number of aromatic amines is 1. The first-order valence-corrected chi connectivity index (χ1v) is 3.97. The summed E-state index contributed by atoms with van der Waals surface area (Å²) in [6, 6.07) is 3.61. The van der Waals surface area contributed by atoms with Crippen LogP contribution in [0.4, 0.5) is 0 Å². The number of nitrogens with one attached hydrogen (secondary N) is 1. The van der Waals surface area contributed by atoms with E-state index in [0.717, 1.165) is 11.0 Å². The maximum Gasteiger partial charge on any atom is 0.178 e. The predicted octanol–water partition coefficient (Wildman–Crippen LogP) is 0.704. The summed E-state index contributed by atoms with van der Waals surface area (Å²) < 4.78 is 0. The van der Waals surface area contributed by atoms with Gasteiger partial charge in [0.25, 0.3) is 0 Å². The Morgan fingerprint density at radius 2 is 2.46 bits per heavy atom. The third kappa shape index (κ3) is 1.31. The minimum absolute atomic E-state index is 0.0217. The van der Waals surface area contributed by atoms with Gasteiger partial charge in [0.05, 0.1) is 17.6 Å². The molecule has 4 nitrogen and oxygen atoms in total. The summed E-state index contributed by atoms with van der Waals surface area (Å²) in [5, 5.41) is 0. The average Bonchev–Trinajstić information content (AvgIpc) is 2.63. The van der Waals surface area contributed by atoms with Gasteiger partial charge in [0, 0.05) is 18.0 Å². The summed E-state index contributed by atoms with van der Waals surface area (Å²) in [4.78, 5) is 18.3. The summed E-state index contributed by atoms with van der Waals surface area (Å²) >= 11 is 0. The van der Waals surface area contributed by atoms with Crippen LogP contribution in [0.2, 0.25) is 0 Å². The van der Waals surface area contributed by atoms with Crippen molar-refractivity contribution in [2.75, 3.05) is 6.54 Å². The van der Waals surface area contributed by atoms with Crippen molar-refractivity contribution in [1.82, 2.24) is 9.97 Å². The van der Waals surface area contributed by atoms with E-state index in [2.05, 4.69) is 9.97 Å². The Bertz CT molecular complexity index is 447. The zero-order valence-electron chi connectivity index (χ0n) is 6.95. The number of carbonyl (C=O) groups is 1. The van der Waals surface area contributed by atoms with Gasteiger partial charge in [-0.05, 0) is 12.1 Å². The van der Waals surface area contributed by atoms with Crippen LogP contribution >= 0.6 is 0 Å². The average molecular weight is 175 g/mol. The van der Waals surface area contributed by atoms with Crippen molar-refractivity contribution in [2.24, 2.45) is 5.73 Å². The molecule has 0 unspecified atom stereocenters. The first-order chi connectivity index (χ1) is 6.31. The van der Waals surface area contributed by atoms with Gasteiger partial charge < -0.3 is 10.7 Å². The molecule has 3 N–H and O–H groups in total. The molecule has 0 amide bonds. The molecule has 2 aromatic heterocycles. The predicted molar refractivity (Wildman–Crippen MR) is 49.5 cm³/mol. The monoisotopic (exact) mass is 175 g/mol. The number of nitrogens with two attached hydrogens (primary N) is 1. The maximum absolute atomic E-state index is 11.2. The number of hydrogen-bond donors (Lipinski definition) is 2. The molecule has 2 rings (SSSR count). The second-order valence-corrected chi connectivity index (χ2v) is 2.76. The molecule has 2 heterocycles. The fourth-order valence-corrected chi connectivity index (χ4v) is 1.20. The standard InChI is InChI=1S/C9H9N3O/c10-4-9(13)6-3-8-7(12-5-6)1-2-11-8/h1-3,5,11H,4,10H2. The number of pyridine rings is 1. The van der Waals surface area contributed by atoms with E-state index >= 15 is 0 Å². The quantitative estimate of drug-likeness (QED) is 0.660. The van der Waals surface area contributed by atoms with Gasteiger partial charge in [0.15, 0.2) is 5.78 Å². The van der Waals surface area contributed by atoms with E-state index in [9.17, 15) is 4.79 Å². The van der Waals surface area contributed by atoms with Gasteiger partial charge in [-0.2, -0.15) is 0 Å². The Hall–Kier alpha value is -1.68. The molecular weight excluding hydrogens is 166 g/mol. The minimum atomic E-state index is -0.0935. The number of Topliss-reactive ketones (excluding diaryl/α,β-unsaturated/α-hetero) is 1. The summed E-state index contributed by atoms with van der Waals surface area (Å²) in [6.45, 7) is 0.0217. The number of H-pyrrole nitrogens is 1. The van der Waals surface area contributed by atoms with Crippen LogP contribution in [0.25, 0.3) is 11.0 Å². The molecule has 0 atom stereocenters. The van der Waals surface area contributed by atoms with Crippen molar-refractivity contribution in [2.45, 2.75) is 0 Å². The highest BCUT2D eigenvalue weighted by atomic mass is 16.1. The van der Waals surface area contributed by atoms with Crippen LogP contribution in [0.5, 0.6) is 0 Å². The van der Waals surface area contributed by atoms with Crippen LogP contribution in [0.15, 0.2) is 24.5 Å². The number of nitrogens with zero attached hydrogens (tertiary/aromatic N) is 1. The highest BCUT2D eigenvalue weighted by molar-refractivity contribution is 5.99. The molecule has 0 aliphatic carbocycles. The molecule has 0 radical (unpaired) electrons. The molecule has 0 spiro atoms. The molecular formula is C9H9N3O. The SMILES string of the molecule is NCC(=O)c1cnc2cc[nH]c2c1. The van der Waals surface area contributed by atoms with Gasteiger partial charge in [-0.15, -0.1) is 0 Å². The molecule has 0 aliphatic rings. The maximum atomic E-state index is 11.2. The highest BCUT2D eigenvalue weighted by Gasteiger charge is 2.04. The van der Waals surface area contributed by atoms with E-state index in [4.69, 9.17) is 5.73 Å². The topological polar surface area (TPSA) is 71.8 Å². The molecule has 66 valence electrons. The first-order valence-electron chi connectivity index (χ1n) is 3.97. The van der Waals surface area contributed by atoms with Gasteiger partial charge in [-0.3, -0.25) is 9.78 Å². The molecule has 0 saturated carbocycles. The van der Waals surface area contributed by atoms with E-state index in [1.807, 2.05) is 6.07 Å². The smallest absolute Gasteiger partial charge is 0.178 e. The number of aromatic nitrogens is 2. The van der Waals surface area contributed by atoms with E-state index < -0.39 is 0 Å². The second-order valence-electron chi connectivity index (χ2n) is 2.76. The van der Waals surface area contributed by atoms with Crippen LogP contribution in [0.1, 0.15) is 10.4 Å². The lowest BCUT2D eigenvalue weighted by Gasteiger charge is -1.96. The first kappa shape index (κ1) is 7.94. The largest absolute Gasteiger partial charge is 0.360 e. The van der Waals surface area contributed by atoms with Crippen molar-refractivity contribution in [1.29, 1.82) is 0 Å². The van der Waals surface area contributed by atoms with Crippen molar-refractivity contribution >= 4 is 16.8 Å². The highest BCUT2D eigenvalue weighted by Crippen LogP contribution is 2.10. The zero-order valence-corrected chi connectivity index (χ0v) is 6.95. The van der Waals surface area contributed by atoms with Crippen molar-refractivity contribution in [3.8, 4) is 0 Å². The van der Waals surface area contributed by atoms with E-state index in [1.54, 1.807) is 18.5 Å². The van der Waals surface area contributed by atoms with Crippen LogP contribution in [-0.2, 0) is 0 Å². The number of hydrogen-bond acceptors (Lipinski definition) is 3. The molecule has 2 aromatic rings. The Kier molecular flexibility index (Phi) is 1.83. The normalized spacial score (nSPS) is 10.5. The second kappa shape index (κ2) is 2.99. The zero-order chi connectivity index (χ0) is 9.26. The molecule has 0 bridgehead atoms. The lowest BCUT2D eigenvalue weighted by atomic mass is 10.2. The Labute approximate surface area is 74.8 Å². The van der Waals surface area contributed by atoms with E-state index in [1.165, 1.54) is 0 Å². The molecule has 0 saturated heterocycles. The third-order valence-corrected chi connectivity index (χ3v) is 1.91. The summed E-state index contributed by atoms with van der Waals surface area (Å²) in [7, 11) is 0. The van der Waals surface area contributed by atoms with Crippen LogP contribution in [0, 0.1) is 0 Å². The lowest BCUT2D eigenvalue weighted by molar-refractivity contribution is 0.100. The molecule has 4 heteroatoms. The molecule has 0 aliphatic heterocycles. The van der Waals surface area contributed by atoms with Gasteiger partial charge >= 0.3 is 0 Å². The van der Waals surface area contributed by atoms with Crippen molar-refractivity contribution < 1.29 is 4.79 Å². The van der Waals surface area contributed by atoms with Crippen molar-refractivity contribution in [3.05, 3.63) is 30.1 Å². The summed E-state index contributed by atoms with van der Waals surface area (Å²) in [6.07, 6.45) is 3.33. The third-order valence-electron chi connectivity index (χ3n) is 1.91. The Morgan fingerprint density at radius 3 is 3.23 bits per heavy atom. The fourth-order valence-electron chi connectivity index (χ4n) is 1.20. The number of ketones is 1. The van der Waals surface area contributed by atoms with Gasteiger partial charge in [0.2, 0.25) is 0 Å². The fraction of sp³-hybridized carbons (Fsp3) is 0.111. The van der Waals surface area contributed by atoms with Gasteiger partial charge in [0.1, 0.15) is 0 Å². The molecule has 13 heavy (non-hydrogen) atoms. The number of carbonyl (C=O) groups excluding carboxylic acids is 1. The van der Waals surface area contributed by atoms with Crippen molar-refractivity contribution in [3.63, 3.8) is 0 Å². The van der Waals surface area contributed by atoms with E-state index in [-0.39, 0.29) is 12.3 Å². The summed E-state index contributed by atoms with van der Waals surface area (Å²) in [5.41, 5.74) is 7.50. The lowest BCUT2D eigenvalue weighted by Crippen LogP contribution is -2.13. The number of rotatable bonds is 2. The van der Waals surface area contributed by atoms with Crippen LogP contribution in [0.3, 0.4) is 0 Å². The van der Waals surface area contributed by atoms with Crippen LogP contribution in [-0.4, -0.2) is 22.3 Å². The van der Waals surface area contributed by atoms with Gasteiger partial charge in [-0.1, -0.05) is 0 Å². The van der Waals surface area contributed by atoms with Crippen LogP contribution < -0.4 is 5.73 Å². The van der Waals surface area contributed by atoms with Gasteiger partial charge in [-0.25, -0.2) is 0 Å². The van der Waals surface area contributed by atoms with E-state index in [0.29, 0.717) is 5.56 Å². The molecule has 0 fully saturated rings. The Morgan fingerprint density at radius 1 is 1.62 bits per heavy atom. The molecule has 0 aromatic carbocycles.